The van der Waals surface area contributed by atoms with E-state index >= 15 is 0 Å². The number of urea groups is 1. The smallest absolute Gasteiger partial charge is 0.319 e. The van der Waals surface area contributed by atoms with E-state index in [4.69, 9.17) is 0 Å². The van der Waals surface area contributed by atoms with Crippen LogP contribution in [0.15, 0.2) is 49.2 Å². The van der Waals surface area contributed by atoms with Gasteiger partial charge >= 0.3 is 6.03 Å². The first-order chi connectivity index (χ1) is 13.7. The van der Waals surface area contributed by atoms with Gasteiger partial charge in [0.15, 0.2) is 0 Å². The number of benzene rings is 1. The van der Waals surface area contributed by atoms with Crippen LogP contribution in [0.1, 0.15) is 51.7 Å². The Morgan fingerprint density at radius 2 is 1.93 bits per heavy atom. The third kappa shape index (κ3) is 5.37. The molecule has 5 heteroatoms. The first-order valence-corrected chi connectivity index (χ1v) is 10.3. The fourth-order valence-corrected chi connectivity index (χ4v) is 3.58. The quantitative estimate of drug-likeness (QED) is 0.715. The van der Waals surface area contributed by atoms with E-state index in [-0.39, 0.29) is 6.03 Å². The summed E-state index contributed by atoms with van der Waals surface area (Å²) in [6.45, 7) is 14.3. The van der Waals surface area contributed by atoms with Crippen molar-refractivity contribution >= 4 is 23.1 Å². The molecule has 1 aromatic heterocycles. The van der Waals surface area contributed by atoms with Crippen LogP contribution in [-0.2, 0) is 5.54 Å². The second-order valence-corrected chi connectivity index (χ2v) is 8.64. The van der Waals surface area contributed by atoms with Crippen molar-refractivity contribution in [2.24, 2.45) is 5.92 Å². The highest BCUT2D eigenvalue weighted by Gasteiger charge is 2.23. The van der Waals surface area contributed by atoms with Crippen molar-refractivity contribution in [3.63, 3.8) is 0 Å². The summed E-state index contributed by atoms with van der Waals surface area (Å²) >= 11 is 0. The molecule has 1 aliphatic heterocycles. The molecule has 1 aliphatic rings. The lowest BCUT2D eigenvalue weighted by atomic mass is 9.92. The summed E-state index contributed by atoms with van der Waals surface area (Å²) in [6.07, 6.45) is 4.12. The minimum Gasteiger partial charge on any atom is -0.357 e. The summed E-state index contributed by atoms with van der Waals surface area (Å²) in [5, 5.41) is 5.95. The number of allylic oxidation sites excluding steroid dienone is 1. The molecule has 0 unspecified atom stereocenters. The Hall–Kier alpha value is -2.82. The monoisotopic (exact) mass is 392 g/mol. The number of hydrogen-bond acceptors (Lipinski definition) is 3. The molecule has 0 saturated carbocycles. The number of hydrogen-bond donors (Lipinski definition) is 2. The fourth-order valence-electron chi connectivity index (χ4n) is 3.58. The summed E-state index contributed by atoms with van der Waals surface area (Å²) in [7, 11) is 0. The molecule has 2 heterocycles. The van der Waals surface area contributed by atoms with E-state index in [1.54, 1.807) is 6.20 Å². The van der Waals surface area contributed by atoms with Gasteiger partial charge in [0.25, 0.3) is 0 Å². The van der Waals surface area contributed by atoms with Crippen molar-refractivity contribution < 1.29 is 4.79 Å². The lowest BCUT2D eigenvalue weighted by molar-refractivity contribution is 0.242. The van der Waals surface area contributed by atoms with Gasteiger partial charge in [-0.25, -0.2) is 9.78 Å². The van der Waals surface area contributed by atoms with E-state index < -0.39 is 5.54 Å². The number of amides is 2. The zero-order valence-electron chi connectivity index (χ0n) is 18.0. The number of carbonyl (C=O) groups excluding carboxylic acids is 1. The Kier molecular flexibility index (Phi) is 6.26. The first-order valence-electron chi connectivity index (χ1n) is 10.3. The Balaban J connectivity index is 1.61. The maximum absolute atomic E-state index is 12.6. The van der Waals surface area contributed by atoms with E-state index in [0.29, 0.717) is 5.69 Å². The Morgan fingerprint density at radius 3 is 2.55 bits per heavy atom. The number of aromatic nitrogens is 1. The van der Waals surface area contributed by atoms with Crippen LogP contribution in [0, 0.1) is 5.92 Å². The maximum Gasteiger partial charge on any atom is 0.319 e. The maximum atomic E-state index is 12.6. The van der Waals surface area contributed by atoms with Crippen molar-refractivity contribution in [3.05, 3.63) is 60.3 Å². The van der Waals surface area contributed by atoms with Gasteiger partial charge in [0.1, 0.15) is 5.82 Å². The van der Waals surface area contributed by atoms with Crippen molar-refractivity contribution in [2.45, 2.75) is 46.1 Å². The number of carbonyl (C=O) groups is 1. The number of rotatable bonds is 5. The minimum atomic E-state index is -0.520. The van der Waals surface area contributed by atoms with Crippen LogP contribution in [0.25, 0.3) is 5.57 Å². The van der Waals surface area contributed by atoms with Crippen LogP contribution in [0.2, 0.25) is 0 Å². The van der Waals surface area contributed by atoms with E-state index in [2.05, 4.69) is 40.1 Å². The third-order valence-electron chi connectivity index (χ3n) is 5.62. The summed E-state index contributed by atoms with van der Waals surface area (Å²) < 4.78 is 0. The fraction of sp³-hybridized carbons (Fsp3) is 0.417. The molecule has 0 atom stereocenters. The van der Waals surface area contributed by atoms with Crippen molar-refractivity contribution in [3.8, 4) is 0 Å². The lowest BCUT2D eigenvalue weighted by Gasteiger charge is -2.31. The highest BCUT2D eigenvalue weighted by molar-refractivity contribution is 5.89. The average molecular weight is 393 g/mol. The molecular formula is C24H32N4O. The molecule has 1 aromatic carbocycles. The highest BCUT2D eigenvalue weighted by atomic mass is 16.2. The van der Waals surface area contributed by atoms with Crippen molar-refractivity contribution in [1.82, 2.24) is 10.3 Å². The van der Waals surface area contributed by atoms with Gasteiger partial charge in [0.2, 0.25) is 0 Å². The van der Waals surface area contributed by atoms with Gasteiger partial charge < -0.3 is 15.5 Å². The molecule has 0 spiro atoms. The first kappa shape index (κ1) is 20.9. The third-order valence-corrected chi connectivity index (χ3v) is 5.62. The lowest BCUT2D eigenvalue weighted by Crippen LogP contribution is -2.43. The van der Waals surface area contributed by atoms with E-state index in [9.17, 15) is 4.79 Å². The molecule has 5 nitrogen and oxygen atoms in total. The predicted octanol–water partition coefficient (Wildman–Crippen LogP) is 5.41. The van der Waals surface area contributed by atoms with Gasteiger partial charge in [-0.2, -0.15) is 0 Å². The Bertz CT molecular complexity index is 865. The molecule has 29 heavy (non-hydrogen) atoms. The van der Waals surface area contributed by atoms with Crippen LogP contribution in [0.4, 0.5) is 16.3 Å². The van der Waals surface area contributed by atoms with Crippen LogP contribution in [0.3, 0.4) is 0 Å². The molecular weight excluding hydrogens is 360 g/mol. The number of piperidine rings is 1. The number of nitrogens with zero attached hydrogens (tertiary/aromatic N) is 2. The van der Waals surface area contributed by atoms with E-state index in [1.165, 1.54) is 12.8 Å². The molecule has 1 fully saturated rings. The molecule has 0 bridgehead atoms. The summed E-state index contributed by atoms with van der Waals surface area (Å²) in [5.41, 5.74) is 3.27. The van der Waals surface area contributed by atoms with Gasteiger partial charge in [-0.1, -0.05) is 37.3 Å². The Labute approximate surface area is 174 Å². The van der Waals surface area contributed by atoms with Crippen LogP contribution >= 0.6 is 0 Å². The van der Waals surface area contributed by atoms with Crippen molar-refractivity contribution in [2.75, 3.05) is 23.3 Å². The molecule has 3 rings (SSSR count). The average Bonchev–Trinajstić information content (AvgIpc) is 2.69. The second-order valence-electron chi connectivity index (χ2n) is 8.64. The topological polar surface area (TPSA) is 57.3 Å². The molecule has 2 aromatic rings. The molecule has 0 aliphatic carbocycles. The largest absolute Gasteiger partial charge is 0.357 e. The van der Waals surface area contributed by atoms with Gasteiger partial charge in [-0.05, 0) is 68.9 Å². The zero-order chi connectivity index (χ0) is 21.0. The molecule has 2 N–H and O–H groups in total. The molecule has 1 saturated heterocycles. The van der Waals surface area contributed by atoms with Gasteiger partial charge in [0.05, 0.1) is 17.4 Å². The van der Waals surface area contributed by atoms with Gasteiger partial charge in [0, 0.05) is 13.1 Å². The SMILES string of the molecule is C=C(C)c1cccc(C(C)(C)NC(=O)Nc2ccc(N3CCC(C)CC3)nc2)c1. The molecule has 2 amide bonds. The Morgan fingerprint density at radius 1 is 1.21 bits per heavy atom. The standard InChI is InChI=1S/C24H32N4O/c1-17(2)19-7-6-8-20(15-19)24(4,5)27-23(29)26-21-9-10-22(25-16-21)28-13-11-18(3)12-14-28/h6-10,15-16,18H,1,11-14H2,2-5H3,(H2,26,27,29). The number of pyridine rings is 1. The number of anilines is 2. The zero-order valence-corrected chi connectivity index (χ0v) is 18.0. The van der Waals surface area contributed by atoms with Crippen LogP contribution < -0.4 is 15.5 Å². The summed E-state index contributed by atoms with van der Waals surface area (Å²) in [5.74, 6) is 1.76. The molecule has 154 valence electrons. The molecule has 0 radical (unpaired) electrons. The summed E-state index contributed by atoms with van der Waals surface area (Å²) in [6, 6.07) is 11.7. The summed E-state index contributed by atoms with van der Waals surface area (Å²) in [4.78, 5) is 19.4. The number of nitrogens with one attached hydrogen (secondary N) is 2. The van der Waals surface area contributed by atoms with Crippen molar-refractivity contribution in [1.29, 1.82) is 0 Å². The minimum absolute atomic E-state index is 0.253. The van der Waals surface area contributed by atoms with Crippen LogP contribution in [-0.4, -0.2) is 24.1 Å². The van der Waals surface area contributed by atoms with Crippen LogP contribution in [0.5, 0.6) is 0 Å². The normalized spacial score (nSPS) is 15.1. The second kappa shape index (κ2) is 8.68. The van der Waals surface area contributed by atoms with Gasteiger partial charge in [-0.15, -0.1) is 0 Å². The van der Waals surface area contributed by atoms with E-state index in [0.717, 1.165) is 41.5 Å². The highest BCUT2D eigenvalue weighted by Crippen LogP contribution is 2.24. The van der Waals surface area contributed by atoms with E-state index in [1.807, 2.05) is 51.1 Å². The predicted molar refractivity (Wildman–Crippen MR) is 121 cm³/mol. The van der Waals surface area contributed by atoms with Gasteiger partial charge in [-0.3, -0.25) is 0 Å².